The number of fused-ring (bicyclic) bond motifs is 1. The van der Waals surface area contributed by atoms with Gasteiger partial charge in [0.25, 0.3) is 11.6 Å². The first kappa shape index (κ1) is 19.9. The number of amides is 1. The summed E-state index contributed by atoms with van der Waals surface area (Å²) >= 11 is 1.37. The molecule has 4 rings (SSSR count). The van der Waals surface area contributed by atoms with Gasteiger partial charge in [0.05, 0.1) is 9.83 Å². The Kier molecular flexibility index (Phi) is 5.17. The summed E-state index contributed by atoms with van der Waals surface area (Å²) in [6, 6.07) is 14.7. The van der Waals surface area contributed by atoms with Crippen LogP contribution in [0.4, 0.5) is 5.69 Å². The SMILES string of the molecule is CN=C1S/C(=C/c2c(C)n(Cc3ccc([N+](=O)[O-])cc3)c3ccccc23)C(=O)N1C. The maximum atomic E-state index is 12.6. The number of hydrogen-bond donors (Lipinski definition) is 0. The molecular weight excluding hydrogens is 400 g/mol. The minimum absolute atomic E-state index is 0.0628. The molecule has 1 amide bonds. The van der Waals surface area contributed by atoms with Crippen molar-refractivity contribution in [2.45, 2.75) is 13.5 Å². The number of likely N-dealkylation sites (N-methyl/N-ethyl adjacent to an activating group) is 1. The van der Waals surface area contributed by atoms with Crippen LogP contribution in [0.15, 0.2) is 58.4 Å². The summed E-state index contributed by atoms with van der Waals surface area (Å²) in [5, 5.41) is 12.7. The Hall–Kier alpha value is -3.39. The minimum Gasteiger partial charge on any atom is -0.340 e. The molecule has 0 N–H and O–H groups in total. The van der Waals surface area contributed by atoms with Crippen molar-refractivity contribution >= 4 is 45.5 Å². The quantitative estimate of drug-likeness (QED) is 0.355. The number of benzene rings is 2. The van der Waals surface area contributed by atoms with E-state index in [9.17, 15) is 14.9 Å². The molecule has 0 spiro atoms. The lowest BCUT2D eigenvalue weighted by Crippen LogP contribution is -2.23. The lowest BCUT2D eigenvalue weighted by Gasteiger charge is -2.09. The smallest absolute Gasteiger partial charge is 0.269 e. The summed E-state index contributed by atoms with van der Waals surface area (Å²) in [6.45, 7) is 2.61. The van der Waals surface area contributed by atoms with Gasteiger partial charge in [0, 0.05) is 54.9 Å². The normalized spacial score (nSPS) is 16.9. The molecule has 0 aliphatic carbocycles. The van der Waals surface area contributed by atoms with E-state index in [1.807, 2.05) is 37.3 Å². The van der Waals surface area contributed by atoms with Crippen LogP contribution in [0.5, 0.6) is 0 Å². The van der Waals surface area contributed by atoms with Crippen LogP contribution in [0.2, 0.25) is 0 Å². The fraction of sp³-hybridized carbons (Fsp3) is 0.182. The van der Waals surface area contributed by atoms with Gasteiger partial charge in [-0.25, -0.2) is 0 Å². The van der Waals surface area contributed by atoms with Crippen LogP contribution >= 0.6 is 11.8 Å². The van der Waals surface area contributed by atoms with Crippen LogP contribution in [0.3, 0.4) is 0 Å². The van der Waals surface area contributed by atoms with Crippen LogP contribution in [0.1, 0.15) is 16.8 Å². The number of non-ortho nitro benzene ring substituents is 1. The lowest BCUT2D eigenvalue weighted by atomic mass is 10.1. The maximum absolute atomic E-state index is 12.6. The molecule has 0 radical (unpaired) electrons. The Labute approximate surface area is 177 Å². The number of carbonyl (C=O) groups is 1. The van der Waals surface area contributed by atoms with Crippen molar-refractivity contribution in [2.24, 2.45) is 4.99 Å². The molecule has 152 valence electrons. The summed E-state index contributed by atoms with van der Waals surface area (Å²) in [4.78, 5) is 29.5. The molecule has 8 heteroatoms. The van der Waals surface area contributed by atoms with Gasteiger partial charge >= 0.3 is 0 Å². The molecule has 1 aliphatic rings. The first-order valence-corrected chi connectivity index (χ1v) is 10.2. The zero-order valence-electron chi connectivity index (χ0n) is 16.8. The second kappa shape index (κ2) is 7.79. The van der Waals surface area contributed by atoms with Gasteiger partial charge in [-0.05, 0) is 36.4 Å². The first-order chi connectivity index (χ1) is 14.4. The predicted octanol–water partition coefficient (Wildman–Crippen LogP) is 4.44. The van der Waals surface area contributed by atoms with E-state index in [4.69, 9.17) is 0 Å². The van der Waals surface area contributed by atoms with Gasteiger partial charge in [0.1, 0.15) is 0 Å². The average Bonchev–Trinajstić information content (AvgIpc) is 3.17. The topological polar surface area (TPSA) is 80.7 Å². The number of hydrogen-bond acceptors (Lipinski definition) is 5. The molecule has 1 aromatic heterocycles. The van der Waals surface area contributed by atoms with Gasteiger partial charge in [-0.15, -0.1) is 0 Å². The van der Waals surface area contributed by atoms with Crippen LogP contribution in [0, 0.1) is 17.0 Å². The summed E-state index contributed by atoms with van der Waals surface area (Å²) in [7, 11) is 3.40. The van der Waals surface area contributed by atoms with E-state index in [1.54, 1.807) is 31.1 Å². The van der Waals surface area contributed by atoms with Gasteiger partial charge in [0.2, 0.25) is 0 Å². The van der Waals surface area contributed by atoms with Crippen LogP contribution in [0.25, 0.3) is 17.0 Å². The third-order valence-corrected chi connectivity index (χ3v) is 6.39. The zero-order valence-corrected chi connectivity index (χ0v) is 17.6. The molecule has 0 atom stereocenters. The molecular formula is C22H20N4O3S. The number of aromatic nitrogens is 1. The molecule has 0 unspecified atom stereocenters. The van der Waals surface area contributed by atoms with E-state index < -0.39 is 4.92 Å². The number of nitro groups is 1. The monoisotopic (exact) mass is 420 g/mol. The third-order valence-electron chi connectivity index (χ3n) is 5.24. The van der Waals surface area contributed by atoms with E-state index in [-0.39, 0.29) is 11.6 Å². The van der Waals surface area contributed by atoms with E-state index in [2.05, 4.69) is 9.56 Å². The Morgan fingerprint density at radius 1 is 1.17 bits per heavy atom. The number of carbonyl (C=O) groups excluding carboxylic acids is 1. The molecule has 2 aromatic carbocycles. The molecule has 0 saturated carbocycles. The van der Waals surface area contributed by atoms with Crippen molar-refractivity contribution in [3.05, 3.63) is 80.4 Å². The fourth-order valence-electron chi connectivity index (χ4n) is 3.63. The van der Waals surface area contributed by atoms with E-state index >= 15 is 0 Å². The Morgan fingerprint density at radius 2 is 1.87 bits per heavy atom. The summed E-state index contributed by atoms with van der Waals surface area (Å²) in [6.07, 6.45) is 1.94. The summed E-state index contributed by atoms with van der Waals surface area (Å²) in [5.41, 5.74) is 4.12. The molecule has 1 aliphatic heterocycles. The Bertz CT molecular complexity index is 1230. The highest BCUT2D eigenvalue weighted by Crippen LogP contribution is 2.35. The number of amidine groups is 1. The lowest BCUT2D eigenvalue weighted by molar-refractivity contribution is -0.384. The molecule has 1 saturated heterocycles. The van der Waals surface area contributed by atoms with E-state index in [1.165, 1.54) is 23.9 Å². The minimum atomic E-state index is -0.397. The van der Waals surface area contributed by atoms with Crippen molar-refractivity contribution in [3.8, 4) is 0 Å². The number of nitro benzene ring substituents is 1. The van der Waals surface area contributed by atoms with Gasteiger partial charge in [-0.1, -0.05) is 30.3 Å². The van der Waals surface area contributed by atoms with Crippen molar-refractivity contribution in [1.82, 2.24) is 9.47 Å². The van der Waals surface area contributed by atoms with Crippen LogP contribution in [-0.4, -0.2) is 39.6 Å². The second-order valence-corrected chi connectivity index (χ2v) is 8.02. The standard InChI is InChI=1S/C22H20N4O3S/c1-14-18(12-20-21(27)24(3)22(23-2)30-20)17-6-4-5-7-19(17)25(14)13-15-8-10-16(11-9-15)26(28)29/h4-12H,13H2,1-3H3/b20-12+,23-22?. The predicted molar refractivity (Wildman–Crippen MR) is 121 cm³/mol. The van der Waals surface area contributed by atoms with Gasteiger partial charge < -0.3 is 4.57 Å². The Morgan fingerprint density at radius 3 is 2.50 bits per heavy atom. The first-order valence-electron chi connectivity index (χ1n) is 9.36. The third kappa shape index (κ3) is 3.39. The summed E-state index contributed by atoms with van der Waals surface area (Å²) < 4.78 is 2.17. The molecule has 2 heterocycles. The van der Waals surface area contributed by atoms with Crippen molar-refractivity contribution in [3.63, 3.8) is 0 Å². The highest BCUT2D eigenvalue weighted by atomic mass is 32.2. The molecule has 3 aromatic rings. The van der Waals surface area contributed by atoms with Crippen LogP contribution < -0.4 is 0 Å². The highest BCUT2D eigenvalue weighted by molar-refractivity contribution is 8.18. The van der Waals surface area contributed by atoms with Crippen LogP contribution in [-0.2, 0) is 11.3 Å². The van der Waals surface area contributed by atoms with E-state index in [0.717, 1.165) is 27.7 Å². The molecule has 1 fully saturated rings. The average molecular weight is 420 g/mol. The van der Waals surface area contributed by atoms with Crippen molar-refractivity contribution < 1.29 is 9.72 Å². The number of nitrogens with zero attached hydrogens (tertiary/aromatic N) is 4. The van der Waals surface area contributed by atoms with Crippen molar-refractivity contribution in [2.75, 3.05) is 14.1 Å². The van der Waals surface area contributed by atoms with Gasteiger partial charge in [0.15, 0.2) is 5.17 Å². The zero-order chi connectivity index (χ0) is 21.4. The number of rotatable bonds is 4. The largest absolute Gasteiger partial charge is 0.340 e. The van der Waals surface area contributed by atoms with Gasteiger partial charge in [-0.3, -0.25) is 24.8 Å². The van der Waals surface area contributed by atoms with E-state index in [0.29, 0.717) is 16.6 Å². The molecule has 30 heavy (non-hydrogen) atoms. The Balaban J connectivity index is 1.78. The number of para-hydroxylation sites is 1. The maximum Gasteiger partial charge on any atom is 0.269 e. The summed E-state index contributed by atoms with van der Waals surface area (Å²) in [5.74, 6) is -0.0628. The second-order valence-electron chi connectivity index (χ2n) is 7.01. The molecule has 0 bridgehead atoms. The fourth-order valence-corrected chi connectivity index (χ4v) is 4.54. The number of aliphatic imine (C=N–C) groups is 1. The van der Waals surface area contributed by atoms with Gasteiger partial charge in [-0.2, -0.15) is 0 Å². The van der Waals surface area contributed by atoms with Crippen molar-refractivity contribution in [1.29, 1.82) is 0 Å². The highest BCUT2D eigenvalue weighted by Gasteiger charge is 2.30. The number of thioether (sulfide) groups is 1. The molecule has 7 nitrogen and oxygen atoms in total.